The van der Waals surface area contributed by atoms with Crippen LogP contribution in [0.15, 0.2) is 36.4 Å². The molecule has 0 fully saturated rings. The molecule has 0 saturated heterocycles. The average Bonchev–Trinajstić information content (AvgIpc) is 3.33. The Morgan fingerprint density at radius 3 is 2.36 bits per heavy atom. The van der Waals surface area contributed by atoms with E-state index in [-0.39, 0.29) is 11.9 Å². The number of aromatic nitrogens is 2. The number of carbonyl (C=O) groups excluding carboxylic acids is 1. The van der Waals surface area contributed by atoms with E-state index in [9.17, 15) is 4.79 Å². The first-order valence-corrected chi connectivity index (χ1v) is 15.2. The van der Waals surface area contributed by atoms with Gasteiger partial charge in [0, 0.05) is 6.42 Å². The minimum Gasteiger partial charge on any atom is -0.353 e. The number of amides is 1. The number of fused-ring (bicyclic) bond motifs is 1. The van der Waals surface area contributed by atoms with Crippen molar-refractivity contribution in [3.63, 3.8) is 0 Å². The largest absolute Gasteiger partial charge is 0.353 e. The van der Waals surface area contributed by atoms with Crippen molar-refractivity contribution >= 4 is 27.5 Å². The van der Waals surface area contributed by atoms with Crippen molar-refractivity contribution in [2.45, 2.75) is 122 Å². The van der Waals surface area contributed by atoms with Gasteiger partial charge in [0.25, 0.3) is 0 Å². The number of carbonyl (C=O) groups is 1. The lowest BCUT2D eigenvalue weighted by atomic mass is 9.88. The second-order valence-electron chi connectivity index (χ2n) is 10.1. The highest BCUT2D eigenvalue weighted by Crippen LogP contribution is 2.33. The number of allylic oxidation sites excluding steroid dienone is 2. The highest BCUT2D eigenvalue weighted by Gasteiger charge is 2.21. The van der Waals surface area contributed by atoms with Crippen molar-refractivity contribution in [1.29, 1.82) is 0 Å². The quantitative estimate of drug-likeness (QED) is 0.155. The van der Waals surface area contributed by atoms with Crippen LogP contribution in [0.2, 0.25) is 0 Å². The van der Waals surface area contributed by atoms with Gasteiger partial charge in [-0.15, -0.1) is 10.2 Å². The second-order valence-corrected chi connectivity index (χ2v) is 11.1. The molecule has 1 aromatic heterocycles. The Morgan fingerprint density at radius 1 is 0.917 bits per heavy atom. The molecular weight excluding hydrogens is 464 g/mol. The van der Waals surface area contributed by atoms with Crippen LogP contribution in [0.5, 0.6) is 0 Å². The predicted octanol–water partition coefficient (Wildman–Crippen LogP) is 9.00. The molecule has 2 N–H and O–H groups in total. The fourth-order valence-electron chi connectivity index (χ4n) is 4.92. The predicted molar refractivity (Wildman–Crippen MR) is 154 cm³/mol. The molecule has 1 aromatic carbocycles. The van der Waals surface area contributed by atoms with Crippen molar-refractivity contribution < 1.29 is 4.79 Å². The summed E-state index contributed by atoms with van der Waals surface area (Å²) in [6.45, 7) is 2.27. The minimum absolute atomic E-state index is 0.0401. The van der Waals surface area contributed by atoms with Crippen LogP contribution in [-0.4, -0.2) is 16.1 Å². The molecule has 1 heterocycles. The van der Waals surface area contributed by atoms with Gasteiger partial charge in [-0.3, -0.25) is 4.79 Å². The van der Waals surface area contributed by atoms with E-state index in [0.29, 0.717) is 11.6 Å². The minimum atomic E-state index is 0.0401. The molecule has 1 unspecified atom stereocenters. The summed E-state index contributed by atoms with van der Waals surface area (Å²) >= 11 is 1.42. The number of unbranched alkanes of at least 4 members (excludes halogenated alkanes) is 11. The van der Waals surface area contributed by atoms with Crippen LogP contribution in [0.1, 0.15) is 127 Å². The summed E-state index contributed by atoms with van der Waals surface area (Å²) in [5.41, 5.74) is 2.77. The Bertz CT molecular complexity index is 910. The molecule has 1 atom stereocenters. The van der Waals surface area contributed by atoms with Gasteiger partial charge in [-0.1, -0.05) is 106 Å². The fourth-order valence-corrected chi connectivity index (χ4v) is 5.64. The lowest BCUT2D eigenvalue weighted by Gasteiger charge is -2.25. The summed E-state index contributed by atoms with van der Waals surface area (Å²) in [5, 5.41) is 16.2. The standard InChI is InChI=1S/C30H46N4OS/c1-2-3-4-5-6-7-8-9-10-11-12-13-14-15-16-24-28(35)32-30-34-33-29(36-30)31-27-23-19-21-25-20-17-18-22-26(25)27/h9-10,17-18,20,22,27H,2-8,11-16,19,21,23-24H2,1H3,(H,31,33)(H,32,34,35)/b10-9+. The number of hydrogen-bond acceptors (Lipinski definition) is 5. The Labute approximate surface area is 222 Å². The molecule has 5 nitrogen and oxygen atoms in total. The first-order chi connectivity index (χ1) is 17.8. The number of benzene rings is 1. The Balaban J connectivity index is 1.19. The monoisotopic (exact) mass is 510 g/mol. The smallest absolute Gasteiger partial charge is 0.226 e. The third kappa shape index (κ3) is 10.8. The third-order valence-electron chi connectivity index (χ3n) is 7.00. The van der Waals surface area contributed by atoms with Gasteiger partial charge < -0.3 is 10.6 Å². The molecule has 1 aliphatic carbocycles. The number of aryl methyl sites for hydroxylation is 1. The Kier molecular flexibility index (Phi) is 13.6. The maximum Gasteiger partial charge on any atom is 0.226 e. The average molecular weight is 511 g/mol. The number of anilines is 2. The van der Waals surface area contributed by atoms with Gasteiger partial charge in [0.05, 0.1) is 6.04 Å². The zero-order valence-electron chi connectivity index (χ0n) is 22.3. The molecular formula is C30H46N4OS. The van der Waals surface area contributed by atoms with Crippen molar-refractivity contribution in [3.8, 4) is 0 Å². The maximum atomic E-state index is 12.3. The van der Waals surface area contributed by atoms with Crippen LogP contribution in [0.3, 0.4) is 0 Å². The third-order valence-corrected chi connectivity index (χ3v) is 7.77. The number of nitrogens with one attached hydrogen (secondary N) is 2. The highest BCUT2D eigenvalue weighted by molar-refractivity contribution is 7.19. The van der Waals surface area contributed by atoms with Crippen LogP contribution in [0, 0.1) is 0 Å². The van der Waals surface area contributed by atoms with E-state index in [0.717, 1.165) is 30.8 Å². The van der Waals surface area contributed by atoms with Crippen LogP contribution >= 0.6 is 11.3 Å². The molecule has 3 rings (SSSR count). The normalized spacial score (nSPS) is 15.2. The zero-order chi connectivity index (χ0) is 25.3. The lowest BCUT2D eigenvalue weighted by Crippen LogP contribution is -2.17. The molecule has 1 aliphatic rings. The topological polar surface area (TPSA) is 66.9 Å². The molecule has 36 heavy (non-hydrogen) atoms. The van der Waals surface area contributed by atoms with Crippen molar-refractivity contribution in [2.75, 3.05) is 10.6 Å². The van der Waals surface area contributed by atoms with E-state index in [4.69, 9.17) is 0 Å². The van der Waals surface area contributed by atoms with Crippen molar-refractivity contribution in [1.82, 2.24) is 10.2 Å². The van der Waals surface area contributed by atoms with Crippen molar-refractivity contribution in [3.05, 3.63) is 47.5 Å². The van der Waals surface area contributed by atoms with Crippen LogP contribution in [0.25, 0.3) is 0 Å². The van der Waals surface area contributed by atoms with Gasteiger partial charge >= 0.3 is 0 Å². The molecule has 0 spiro atoms. The summed E-state index contributed by atoms with van der Waals surface area (Å²) in [6.07, 6.45) is 25.1. The van der Waals surface area contributed by atoms with Gasteiger partial charge in [0.15, 0.2) is 0 Å². The van der Waals surface area contributed by atoms with Gasteiger partial charge in [-0.2, -0.15) is 0 Å². The lowest BCUT2D eigenvalue weighted by molar-refractivity contribution is -0.116. The summed E-state index contributed by atoms with van der Waals surface area (Å²) in [7, 11) is 0. The molecule has 0 saturated carbocycles. The molecule has 0 radical (unpaired) electrons. The molecule has 1 amide bonds. The van der Waals surface area contributed by atoms with Crippen molar-refractivity contribution in [2.24, 2.45) is 0 Å². The first kappa shape index (κ1) is 28.4. The highest BCUT2D eigenvalue weighted by atomic mass is 32.1. The van der Waals surface area contributed by atoms with E-state index in [1.165, 1.54) is 99.5 Å². The molecule has 6 heteroatoms. The summed E-state index contributed by atoms with van der Waals surface area (Å²) in [4.78, 5) is 12.3. The fraction of sp³-hybridized carbons (Fsp3) is 0.633. The summed E-state index contributed by atoms with van der Waals surface area (Å²) in [5.74, 6) is 0.0401. The van der Waals surface area contributed by atoms with Crippen LogP contribution in [0.4, 0.5) is 10.3 Å². The maximum absolute atomic E-state index is 12.3. The number of nitrogens with zero attached hydrogens (tertiary/aromatic N) is 2. The van der Waals surface area contributed by atoms with E-state index in [2.05, 4.69) is 64.2 Å². The number of rotatable bonds is 18. The Morgan fingerprint density at radius 2 is 1.58 bits per heavy atom. The summed E-state index contributed by atoms with van der Waals surface area (Å²) in [6, 6.07) is 8.88. The summed E-state index contributed by atoms with van der Waals surface area (Å²) < 4.78 is 0. The molecule has 198 valence electrons. The SMILES string of the molecule is CCCCCCCC/C=C/CCCCCCCC(=O)Nc1nnc(NC2CCCc3ccccc32)s1. The van der Waals surface area contributed by atoms with Gasteiger partial charge in [-0.25, -0.2) is 0 Å². The first-order valence-electron chi connectivity index (χ1n) is 14.4. The van der Waals surface area contributed by atoms with Crippen LogP contribution < -0.4 is 10.6 Å². The second kappa shape index (κ2) is 17.3. The van der Waals surface area contributed by atoms with Crippen LogP contribution in [-0.2, 0) is 11.2 Å². The molecule has 0 bridgehead atoms. The van der Waals surface area contributed by atoms with E-state index in [1.807, 2.05) is 0 Å². The molecule has 0 aliphatic heterocycles. The van der Waals surface area contributed by atoms with E-state index >= 15 is 0 Å². The Hall–Kier alpha value is -2.21. The van der Waals surface area contributed by atoms with E-state index in [1.54, 1.807) is 0 Å². The molecule has 2 aromatic rings. The van der Waals surface area contributed by atoms with Gasteiger partial charge in [-0.05, 0) is 62.5 Å². The zero-order valence-corrected chi connectivity index (χ0v) is 23.1. The number of hydrogen-bond donors (Lipinski definition) is 2. The van der Waals surface area contributed by atoms with Gasteiger partial charge in [0.1, 0.15) is 0 Å². The van der Waals surface area contributed by atoms with E-state index < -0.39 is 0 Å². The van der Waals surface area contributed by atoms with Gasteiger partial charge in [0.2, 0.25) is 16.2 Å².